The van der Waals surface area contributed by atoms with Gasteiger partial charge in [0.25, 0.3) is 5.56 Å². The van der Waals surface area contributed by atoms with E-state index in [1.54, 1.807) is 48.5 Å². The van der Waals surface area contributed by atoms with Crippen LogP contribution in [0.3, 0.4) is 0 Å². The van der Waals surface area contributed by atoms with E-state index >= 15 is 0 Å². The molecule has 0 radical (unpaired) electrons. The highest BCUT2D eigenvalue weighted by atomic mass is 16.3. The maximum Gasteiger partial charge on any atom is 0.280 e. The Morgan fingerprint density at radius 1 is 1.12 bits per heavy atom. The Morgan fingerprint density at radius 3 is 2.42 bits per heavy atom. The van der Waals surface area contributed by atoms with Gasteiger partial charge in [-0.25, -0.2) is 4.98 Å². The molecule has 3 aromatic rings. The van der Waals surface area contributed by atoms with Crippen molar-refractivity contribution in [3.05, 3.63) is 76.3 Å². The molecule has 0 saturated carbocycles. The number of fused-ring (bicyclic) bond motifs is 1. The van der Waals surface area contributed by atoms with Crippen LogP contribution in [0, 0.1) is 0 Å². The molecular weight excluding hydrogens is 306 g/mol. The smallest absolute Gasteiger partial charge is 0.280 e. The number of aromatic nitrogens is 2. The van der Waals surface area contributed by atoms with Crippen molar-refractivity contribution < 1.29 is 9.90 Å². The van der Waals surface area contributed by atoms with Gasteiger partial charge >= 0.3 is 0 Å². The summed E-state index contributed by atoms with van der Waals surface area (Å²) >= 11 is 0. The highest BCUT2D eigenvalue weighted by Crippen LogP contribution is 2.27. The summed E-state index contributed by atoms with van der Waals surface area (Å²) < 4.78 is 1.01. The van der Waals surface area contributed by atoms with Gasteiger partial charge < -0.3 is 5.11 Å². The Hall–Kier alpha value is -2.99. The fraction of sp³-hybridized carbons (Fsp3) is 0.167. The first-order valence-electron chi connectivity index (χ1n) is 7.49. The highest BCUT2D eigenvalue weighted by molar-refractivity contribution is 5.82. The molecule has 6 heteroatoms. The molecule has 122 valence electrons. The number of rotatable bonds is 3. The van der Waals surface area contributed by atoms with E-state index in [0.29, 0.717) is 16.5 Å². The van der Waals surface area contributed by atoms with Gasteiger partial charge in [-0.05, 0) is 24.6 Å². The monoisotopic (exact) mass is 323 g/mol. The summed E-state index contributed by atoms with van der Waals surface area (Å²) in [6.07, 6.45) is 0. The Kier molecular flexibility index (Phi) is 3.91. The quantitative estimate of drug-likeness (QED) is 0.769. The lowest BCUT2D eigenvalue weighted by Crippen LogP contribution is -2.41. The van der Waals surface area contributed by atoms with E-state index in [2.05, 4.69) is 10.4 Å². The third-order valence-corrected chi connectivity index (χ3v) is 3.82. The lowest BCUT2D eigenvalue weighted by molar-refractivity contribution is -0.115. The molecule has 24 heavy (non-hydrogen) atoms. The van der Waals surface area contributed by atoms with E-state index in [1.165, 1.54) is 13.8 Å². The molecule has 2 aromatic carbocycles. The molecule has 0 fully saturated rings. The zero-order valence-electron chi connectivity index (χ0n) is 13.4. The molecule has 0 saturated heterocycles. The zero-order chi connectivity index (χ0) is 17.3. The summed E-state index contributed by atoms with van der Waals surface area (Å²) in [7, 11) is 0. The molecular formula is C18H17N3O3. The van der Waals surface area contributed by atoms with Gasteiger partial charge in [0, 0.05) is 6.92 Å². The van der Waals surface area contributed by atoms with E-state index in [1.807, 2.05) is 6.07 Å². The van der Waals surface area contributed by atoms with Crippen LogP contribution in [0.15, 0.2) is 59.4 Å². The van der Waals surface area contributed by atoms with Crippen molar-refractivity contribution in [2.24, 2.45) is 0 Å². The number of carbonyl (C=O) groups excluding carboxylic acids is 1. The van der Waals surface area contributed by atoms with Crippen LogP contribution in [0.25, 0.3) is 10.9 Å². The van der Waals surface area contributed by atoms with Gasteiger partial charge in [-0.3, -0.25) is 15.0 Å². The molecule has 1 amide bonds. The molecule has 0 bridgehead atoms. The Morgan fingerprint density at radius 2 is 1.75 bits per heavy atom. The number of hydrogen-bond donors (Lipinski definition) is 2. The van der Waals surface area contributed by atoms with Gasteiger partial charge in [0.05, 0.1) is 10.9 Å². The average Bonchev–Trinajstić information content (AvgIpc) is 2.57. The molecule has 1 aromatic heterocycles. The Labute approximate surface area is 138 Å². The van der Waals surface area contributed by atoms with Gasteiger partial charge in [-0.15, -0.1) is 0 Å². The largest absolute Gasteiger partial charge is 0.377 e. The average molecular weight is 323 g/mol. The van der Waals surface area contributed by atoms with Crippen molar-refractivity contribution in [1.82, 2.24) is 9.66 Å². The molecule has 1 unspecified atom stereocenters. The third-order valence-electron chi connectivity index (χ3n) is 3.82. The number of amides is 1. The first kappa shape index (κ1) is 15.9. The summed E-state index contributed by atoms with van der Waals surface area (Å²) in [4.78, 5) is 28.7. The van der Waals surface area contributed by atoms with Crippen molar-refractivity contribution in [3.8, 4) is 0 Å². The van der Waals surface area contributed by atoms with Gasteiger partial charge in [0.2, 0.25) is 5.91 Å². The number of nitrogens with one attached hydrogen (secondary N) is 1. The predicted octanol–water partition coefficient (Wildman–Crippen LogP) is 1.74. The molecule has 1 heterocycles. The van der Waals surface area contributed by atoms with Crippen LogP contribution in [-0.4, -0.2) is 20.7 Å². The maximum atomic E-state index is 12.8. The van der Waals surface area contributed by atoms with Crippen molar-refractivity contribution >= 4 is 16.8 Å². The number of nitrogens with zero attached hydrogens (tertiary/aromatic N) is 2. The second-order valence-corrected chi connectivity index (χ2v) is 5.70. The summed E-state index contributed by atoms with van der Waals surface area (Å²) in [5.41, 5.74) is 1.46. The molecule has 0 spiro atoms. The van der Waals surface area contributed by atoms with Crippen molar-refractivity contribution in [3.63, 3.8) is 0 Å². The van der Waals surface area contributed by atoms with Gasteiger partial charge in [-0.2, -0.15) is 4.68 Å². The Balaban J connectivity index is 2.33. The highest BCUT2D eigenvalue weighted by Gasteiger charge is 2.32. The van der Waals surface area contributed by atoms with Gasteiger partial charge in [0.15, 0.2) is 5.82 Å². The summed E-state index contributed by atoms with van der Waals surface area (Å²) in [6.45, 7) is 2.83. The molecule has 2 N–H and O–H groups in total. The fourth-order valence-electron chi connectivity index (χ4n) is 2.61. The number of benzene rings is 2. The number of carbonyl (C=O) groups is 1. The lowest BCUT2D eigenvalue weighted by atomic mass is 9.95. The van der Waals surface area contributed by atoms with Crippen LogP contribution in [0.1, 0.15) is 25.2 Å². The number of aliphatic hydroxyl groups is 1. The number of hydrogen-bond acceptors (Lipinski definition) is 4. The van der Waals surface area contributed by atoms with Crippen LogP contribution in [0.2, 0.25) is 0 Å². The van der Waals surface area contributed by atoms with Crippen LogP contribution < -0.4 is 11.0 Å². The molecule has 3 rings (SSSR count). The molecule has 0 aliphatic rings. The normalized spacial score (nSPS) is 13.5. The second-order valence-electron chi connectivity index (χ2n) is 5.70. The third kappa shape index (κ3) is 2.68. The summed E-state index contributed by atoms with van der Waals surface area (Å²) in [5, 5.41) is 11.4. The van der Waals surface area contributed by atoms with Crippen LogP contribution in [-0.2, 0) is 10.4 Å². The SMILES string of the molecule is CC(=O)Nn1c(C(C)(O)c2ccccc2)nc2ccccc2c1=O. The van der Waals surface area contributed by atoms with E-state index in [0.717, 1.165) is 4.68 Å². The van der Waals surface area contributed by atoms with Gasteiger partial charge in [0.1, 0.15) is 5.60 Å². The van der Waals surface area contributed by atoms with Crippen LogP contribution in [0.5, 0.6) is 0 Å². The predicted molar refractivity (Wildman–Crippen MR) is 91.2 cm³/mol. The van der Waals surface area contributed by atoms with E-state index in [4.69, 9.17) is 0 Å². The van der Waals surface area contributed by atoms with Crippen molar-refractivity contribution in [2.75, 3.05) is 5.43 Å². The molecule has 0 aliphatic carbocycles. The Bertz CT molecular complexity index is 962. The lowest BCUT2D eigenvalue weighted by Gasteiger charge is -2.26. The van der Waals surface area contributed by atoms with Crippen LogP contribution >= 0.6 is 0 Å². The number of para-hydroxylation sites is 1. The van der Waals surface area contributed by atoms with E-state index in [9.17, 15) is 14.7 Å². The fourth-order valence-corrected chi connectivity index (χ4v) is 2.61. The van der Waals surface area contributed by atoms with Crippen molar-refractivity contribution in [2.45, 2.75) is 19.4 Å². The molecule has 0 aliphatic heterocycles. The second kappa shape index (κ2) is 5.90. The first-order chi connectivity index (χ1) is 11.4. The minimum Gasteiger partial charge on any atom is -0.377 e. The first-order valence-corrected chi connectivity index (χ1v) is 7.49. The molecule has 6 nitrogen and oxygen atoms in total. The summed E-state index contributed by atoms with van der Waals surface area (Å²) in [6, 6.07) is 15.7. The van der Waals surface area contributed by atoms with E-state index < -0.39 is 17.1 Å². The zero-order valence-corrected chi connectivity index (χ0v) is 13.4. The maximum absolute atomic E-state index is 12.8. The van der Waals surface area contributed by atoms with Crippen molar-refractivity contribution in [1.29, 1.82) is 0 Å². The topological polar surface area (TPSA) is 84.2 Å². The minimum atomic E-state index is -1.56. The summed E-state index contributed by atoms with van der Waals surface area (Å²) in [5.74, 6) is -0.383. The van der Waals surface area contributed by atoms with Gasteiger partial charge in [-0.1, -0.05) is 42.5 Å². The van der Waals surface area contributed by atoms with E-state index in [-0.39, 0.29) is 5.82 Å². The minimum absolute atomic E-state index is 0.0487. The molecule has 1 atom stereocenters. The standard InChI is InChI=1S/C18H17N3O3/c1-12(22)20-21-16(23)14-10-6-7-11-15(14)19-17(21)18(2,24)13-8-4-3-5-9-13/h3-11,24H,1-2H3,(H,20,22). The van der Waals surface area contributed by atoms with Crippen LogP contribution in [0.4, 0.5) is 0 Å².